The Morgan fingerprint density at radius 1 is 1.23 bits per heavy atom. The number of aromatic nitrogens is 4. The smallest absolute Gasteiger partial charge is 0.160 e. The molecule has 2 N–H and O–H groups in total. The summed E-state index contributed by atoms with van der Waals surface area (Å²) in [5.74, 6) is 1.40. The van der Waals surface area contributed by atoms with Gasteiger partial charge in [0.25, 0.3) is 0 Å². The van der Waals surface area contributed by atoms with Crippen LogP contribution in [0.2, 0.25) is 10.3 Å². The van der Waals surface area contributed by atoms with E-state index in [1.54, 1.807) is 21.8 Å². The summed E-state index contributed by atoms with van der Waals surface area (Å²) in [5.41, 5.74) is 6.64. The molecule has 0 atom stereocenters. The van der Waals surface area contributed by atoms with E-state index in [4.69, 9.17) is 28.2 Å². The maximum Gasteiger partial charge on any atom is 0.160 e. The van der Waals surface area contributed by atoms with Gasteiger partial charge in [-0.2, -0.15) is 10.4 Å². The van der Waals surface area contributed by atoms with Crippen molar-refractivity contribution in [2.75, 3.05) is 17.4 Å². The molecule has 0 aliphatic rings. The van der Waals surface area contributed by atoms with Crippen LogP contribution in [0.5, 0.6) is 0 Å². The molecule has 0 bridgehead atoms. The Labute approximate surface area is 185 Å². The molecular formula is C20H22Cl2N8. The fraction of sp³-hybridized carbons (Fsp3) is 0.300. The van der Waals surface area contributed by atoms with Crippen molar-refractivity contribution in [3.05, 3.63) is 51.7 Å². The van der Waals surface area contributed by atoms with E-state index in [2.05, 4.69) is 34.7 Å². The molecule has 8 nitrogen and oxygen atoms in total. The average molecular weight is 445 g/mol. The Hall–Kier alpha value is -3.02. The molecule has 0 spiro atoms. The summed E-state index contributed by atoms with van der Waals surface area (Å²) in [7, 11) is 3.70. The molecule has 0 fully saturated rings. The van der Waals surface area contributed by atoms with Crippen molar-refractivity contribution in [2.24, 2.45) is 7.05 Å². The number of nitrogens with zero attached hydrogens (tertiary/aromatic N) is 6. The Kier molecular flexibility index (Phi) is 6.34. The zero-order valence-corrected chi connectivity index (χ0v) is 18.8. The number of nitriles is 1. The Balaban J connectivity index is 1.94. The van der Waals surface area contributed by atoms with Crippen LogP contribution in [-0.4, -0.2) is 26.8 Å². The van der Waals surface area contributed by atoms with Gasteiger partial charge in [-0.15, -0.1) is 0 Å². The number of hydrazine groups is 1. The number of allylic oxidation sites excluding steroid dienone is 1. The largest absolute Gasteiger partial charge is 0.340 e. The number of aryl methyl sites for hydroxylation is 2. The number of hydrogen-bond acceptors (Lipinski definition) is 7. The molecule has 3 aromatic rings. The summed E-state index contributed by atoms with van der Waals surface area (Å²) in [4.78, 5) is 8.68. The highest BCUT2D eigenvalue weighted by Gasteiger charge is 2.17. The van der Waals surface area contributed by atoms with Crippen molar-refractivity contribution in [1.29, 1.82) is 5.26 Å². The zero-order valence-electron chi connectivity index (χ0n) is 17.3. The summed E-state index contributed by atoms with van der Waals surface area (Å²) >= 11 is 11.9. The quantitative estimate of drug-likeness (QED) is 0.327. The normalized spacial score (nSPS) is 11.6. The van der Waals surface area contributed by atoms with Crippen LogP contribution in [0.25, 0.3) is 11.0 Å². The summed E-state index contributed by atoms with van der Waals surface area (Å²) in [5, 5.41) is 20.1. The van der Waals surface area contributed by atoms with E-state index >= 15 is 0 Å². The standard InChI is InChI=1S/C20H22Cl2N8/c1-11(2)14-10-18(26-20-19(14)12(3)27-30(20)5)29(4)28-17(6-7-23)24-13-8-15(21)25-16(22)9-13/h6,8-11,28H,1-5H3,(H,24,25)/b17-6+. The summed E-state index contributed by atoms with van der Waals surface area (Å²) in [6.45, 7) is 6.26. The molecule has 0 amide bonds. The van der Waals surface area contributed by atoms with Crippen LogP contribution in [-0.2, 0) is 7.05 Å². The first-order valence-corrected chi connectivity index (χ1v) is 9.99. The van der Waals surface area contributed by atoms with Gasteiger partial charge in [-0.25, -0.2) is 9.97 Å². The molecule has 30 heavy (non-hydrogen) atoms. The van der Waals surface area contributed by atoms with Crippen molar-refractivity contribution in [3.63, 3.8) is 0 Å². The fourth-order valence-electron chi connectivity index (χ4n) is 3.18. The first-order chi connectivity index (χ1) is 14.2. The number of nitrogens with one attached hydrogen (secondary N) is 2. The minimum atomic E-state index is 0.245. The van der Waals surface area contributed by atoms with Crippen LogP contribution < -0.4 is 15.8 Å². The number of rotatable bonds is 6. The second-order valence-corrected chi connectivity index (χ2v) is 7.89. The van der Waals surface area contributed by atoms with Gasteiger partial charge in [0.05, 0.1) is 17.8 Å². The van der Waals surface area contributed by atoms with Gasteiger partial charge in [0.2, 0.25) is 0 Å². The van der Waals surface area contributed by atoms with E-state index in [-0.39, 0.29) is 10.3 Å². The Morgan fingerprint density at radius 3 is 2.50 bits per heavy atom. The molecule has 0 saturated carbocycles. The Bertz CT molecular complexity index is 1140. The monoisotopic (exact) mass is 444 g/mol. The minimum Gasteiger partial charge on any atom is -0.340 e. The van der Waals surface area contributed by atoms with E-state index in [9.17, 15) is 5.26 Å². The highest BCUT2D eigenvalue weighted by Crippen LogP contribution is 2.30. The highest BCUT2D eigenvalue weighted by molar-refractivity contribution is 6.32. The lowest BCUT2D eigenvalue weighted by molar-refractivity contribution is 0.757. The molecule has 3 aromatic heterocycles. The van der Waals surface area contributed by atoms with Crippen LogP contribution >= 0.6 is 23.2 Å². The van der Waals surface area contributed by atoms with Gasteiger partial charge >= 0.3 is 0 Å². The molecule has 0 aromatic carbocycles. The van der Waals surface area contributed by atoms with E-state index in [1.807, 2.05) is 33.2 Å². The van der Waals surface area contributed by atoms with Crippen molar-refractivity contribution in [3.8, 4) is 6.07 Å². The van der Waals surface area contributed by atoms with Gasteiger partial charge in [0.15, 0.2) is 5.65 Å². The SMILES string of the molecule is Cc1nn(C)c2nc(N(C)N/C(=C/C#N)Nc3cc(Cl)nc(Cl)c3)cc(C(C)C)c12. The maximum absolute atomic E-state index is 9.19. The fourth-order valence-corrected chi connectivity index (χ4v) is 3.64. The number of fused-ring (bicyclic) bond motifs is 1. The van der Waals surface area contributed by atoms with E-state index in [0.29, 0.717) is 23.2 Å². The van der Waals surface area contributed by atoms with Crippen LogP contribution in [0, 0.1) is 18.3 Å². The summed E-state index contributed by atoms with van der Waals surface area (Å²) in [6.07, 6.45) is 1.34. The van der Waals surface area contributed by atoms with Crippen LogP contribution in [0.15, 0.2) is 30.1 Å². The molecule has 0 aliphatic heterocycles. The van der Waals surface area contributed by atoms with Crippen molar-refractivity contribution < 1.29 is 0 Å². The molecule has 0 aliphatic carbocycles. The van der Waals surface area contributed by atoms with Gasteiger partial charge in [-0.1, -0.05) is 37.0 Å². The lowest BCUT2D eigenvalue weighted by atomic mass is 10.00. The van der Waals surface area contributed by atoms with Crippen LogP contribution in [0.3, 0.4) is 0 Å². The summed E-state index contributed by atoms with van der Waals surface area (Å²) < 4.78 is 1.78. The maximum atomic E-state index is 9.19. The van der Waals surface area contributed by atoms with Crippen LogP contribution in [0.1, 0.15) is 31.0 Å². The number of pyridine rings is 2. The van der Waals surface area contributed by atoms with Gasteiger partial charge in [0.1, 0.15) is 21.9 Å². The van der Waals surface area contributed by atoms with Gasteiger partial charge in [-0.3, -0.25) is 15.1 Å². The van der Waals surface area contributed by atoms with Crippen LogP contribution in [0.4, 0.5) is 11.5 Å². The molecular weight excluding hydrogens is 423 g/mol. The van der Waals surface area contributed by atoms with E-state index in [1.165, 1.54) is 6.08 Å². The summed E-state index contributed by atoms with van der Waals surface area (Å²) in [6, 6.07) is 7.26. The molecule has 3 rings (SSSR count). The first-order valence-electron chi connectivity index (χ1n) is 9.24. The predicted octanol–water partition coefficient (Wildman–Crippen LogP) is 4.52. The third-order valence-corrected chi connectivity index (χ3v) is 4.88. The zero-order chi connectivity index (χ0) is 22.0. The predicted molar refractivity (Wildman–Crippen MR) is 120 cm³/mol. The van der Waals surface area contributed by atoms with E-state index in [0.717, 1.165) is 22.3 Å². The third kappa shape index (κ3) is 4.58. The van der Waals surface area contributed by atoms with E-state index < -0.39 is 0 Å². The van der Waals surface area contributed by atoms with Gasteiger partial charge in [0, 0.05) is 25.2 Å². The van der Waals surface area contributed by atoms with Crippen molar-refractivity contribution >= 4 is 45.7 Å². The molecule has 0 unspecified atom stereocenters. The second-order valence-electron chi connectivity index (χ2n) is 7.12. The number of halogens is 2. The lowest BCUT2D eigenvalue weighted by Gasteiger charge is -2.24. The van der Waals surface area contributed by atoms with Gasteiger partial charge in [-0.05, 0) is 36.6 Å². The highest BCUT2D eigenvalue weighted by atomic mass is 35.5. The second kappa shape index (κ2) is 8.78. The minimum absolute atomic E-state index is 0.245. The van der Waals surface area contributed by atoms with Gasteiger partial charge < -0.3 is 5.32 Å². The molecule has 0 saturated heterocycles. The molecule has 10 heteroatoms. The average Bonchev–Trinajstić information content (AvgIpc) is 2.94. The molecule has 3 heterocycles. The first kappa shape index (κ1) is 21.7. The third-order valence-electron chi connectivity index (χ3n) is 4.49. The lowest BCUT2D eigenvalue weighted by Crippen LogP contribution is -2.37. The molecule has 156 valence electrons. The van der Waals surface area contributed by atoms with Crippen molar-refractivity contribution in [1.82, 2.24) is 25.2 Å². The number of hydrogen-bond donors (Lipinski definition) is 2. The topological polar surface area (TPSA) is 94.7 Å². The van der Waals surface area contributed by atoms with Crippen molar-refractivity contribution in [2.45, 2.75) is 26.7 Å². The molecule has 0 radical (unpaired) electrons. The number of anilines is 2. The Morgan fingerprint density at radius 2 is 1.90 bits per heavy atom.